The average molecular weight is 350 g/mol. The number of rotatable bonds is 7. The Bertz CT molecular complexity index is 889. The number of hydrogen-bond acceptors (Lipinski definition) is 6. The first kappa shape index (κ1) is 17.5. The maximum absolute atomic E-state index is 11.9. The maximum atomic E-state index is 11.9. The van der Waals surface area contributed by atoms with Gasteiger partial charge in [0.2, 0.25) is 5.82 Å². The third kappa shape index (κ3) is 4.38. The van der Waals surface area contributed by atoms with Crippen molar-refractivity contribution in [2.45, 2.75) is 19.9 Å². The molecule has 132 valence electrons. The van der Waals surface area contributed by atoms with E-state index in [1.807, 2.05) is 30.3 Å². The molecule has 0 saturated heterocycles. The van der Waals surface area contributed by atoms with Gasteiger partial charge in [-0.05, 0) is 17.2 Å². The van der Waals surface area contributed by atoms with Crippen LogP contribution in [0.15, 0.2) is 54.6 Å². The van der Waals surface area contributed by atoms with Crippen LogP contribution in [0.5, 0.6) is 0 Å². The number of esters is 1. The predicted octanol–water partition coefficient (Wildman–Crippen LogP) is 2.33. The summed E-state index contributed by atoms with van der Waals surface area (Å²) in [5, 5.41) is 12.0. The second-order valence-corrected chi connectivity index (χ2v) is 5.64. The molecular formula is C19H18N4O3. The van der Waals surface area contributed by atoms with E-state index < -0.39 is 5.97 Å². The van der Waals surface area contributed by atoms with Crippen molar-refractivity contribution in [3.8, 4) is 11.4 Å². The van der Waals surface area contributed by atoms with Crippen LogP contribution in [0.4, 0.5) is 0 Å². The number of tetrazole rings is 1. The fourth-order valence-electron chi connectivity index (χ4n) is 2.33. The van der Waals surface area contributed by atoms with Crippen LogP contribution in [0.25, 0.3) is 11.4 Å². The number of ketones is 1. The molecule has 2 aromatic carbocycles. The van der Waals surface area contributed by atoms with E-state index >= 15 is 0 Å². The first-order chi connectivity index (χ1) is 12.7. The lowest BCUT2D eigenvalue weighted by molar-refractivity contribution is -0.143. The summed E-state index contributed by atoms with van der Waals surface area (Å²) >= 11 is 0. The molecular weight excluding hydrogens is 332 g/mol. The van der Waals surface area contributed by atoms with Gasteiger partial charge in [-0.15, -0.1) is 10.2 Å². The van der Waals surface area contributed by atoms with Crippen LogP contribution in [0.1, 0.15) is 22.8 Å². The third-order valence-electron chi connectivity index (χ3n) is 3.80. The highest BCUT2D eigenvalue weighted by Gasteiger charge is 2.13. The van der Waals surface area contributed by atoms with Crippen LogP contribution in [-0.4, -0.2) is 38.6 Å². The molecule has 0 bridgehead atoms. The average Bonchev–Trinajstić information content (AvgIpc) is 3.15. The quantitative estimate of drug-likeness (QED) is 0.480. The molecule has 0 aliphatic heterocycles. The molecule has 7 heteroatoms. The predicted molar refractivity (Wildman–Crippen MR) is 94.4 cm³/mol. The van der Waals surface area contributed by atoms with Crippen molar-refractivity contribution in [1.29, 1.82) is 0 Å². The normalized spacial score (nSPS) is 10.5. The number of ether oxygens (including phenoxy) is 1. The minimum absolute atomic E-state index is 0.206. The van der Waals surface area contributed by atoms with E-state index in [9.17, 15) is 9.59 Å². The largest absolute Gasteiger partial charge is 0.456 e. The number of carbonyl (C=O) groups is 2. The summed E-state index contributed by atoms with van der Waals surface area (Å²) in [6.45, 7) is 1.56. The Morgan fingerprint density at radius 3 is 2.46 bits per heavy atom. The van der Waals surface area contributed by atoms with Gasteiger partial charge in [-0.1, -0.05) is 61.5 Å². The maximum Gasteiger partial charge on any atom is 0.330 e. The van der Waals surface area contributed by atoms with Crippen molar-refractivity contribution in [2.24, 2.45) is 0 Å². The lowest BCUT2D eigenvalue weighted by Gasteiger charge is -2.03. The van der Waals surface area contributed by atoms with Crippen LogP contribution in [-0.2, 0) is 22.5 Å². The molecule has 0 aliphatic rings. The van der Waals surface area contributed by atoms with Crippen LogP contribution in [0.2, 0.25) is 0 Å². The molecule has 0 spiro atoms. The summed E-state index contributed by atoms with van der Waals surface area (Å²) in [6.07, 6.45) is 0.952. The Morgan fingerprint density at radius 2 is 1.77 bits per heavy atom. The Morgan fingerprint density at radius 1 is 1.04 bits per heavy atom. The molecule has 0 aliphatic carbocycles. The van der Waals surface area contributed by atoms with Gasteiger partial charge in [0.15, 0.2) is 18.9 Å². The molecule has 0 N–H and O–H groups in total. The van der Waals surface area contributed by atoms with Gasteiger partial charge >= 0.3 is 5.97 Å². The Kier molecular flexibility index (Phi) is 5.48. The minimum Gasteiger partial charge on any atom is -0.456 e. The Hall–Kier alpha value is -3.35. The molecule has 3 rings (SSSR count). The lowest BCUT2D eigenvalue weighted by Crippen LogP contribution is -2.19. The van der Waals surface area contributed by atoms with E-state index in [-0.39, 0.29) is 18.9 Å². The van der Waals surface area contributed by atoms with Gasteiger partial charge in [0.05, 0.1) is 0 Å². The first-order valence-electron chi connectivity index (χ1n) is 8.26. The molecule has 0 unspecified atom stereocenters. The number of carbonyl (C=O) groups excluding carboxylic acids is 2. The highest BCUT2D eigenvalue weighted by molar-refractivity contribution is 5.97. The van der Waals surface area contributed by atoms with Crippen LogP contribution >= 0.6 is 0 Å². The van der Waals surface area contributed by atoms with E-state index in [0.29, 0.717) is 11.4 Å². The number of nitrogens with zero attached hydrogens (tertiary/aromatic N) is 4. The lowest BCUT2D eigenvalue weighted by atomic mass is 10.1. The molecule has 0 fully saturated rings. The van der Waals surface area contributed by atoms with Crippen LogP contribution in [0.3, 0.4) is 0 Å². The smallest absolute Gasteiger partial charge is 0.330 e. The van der Waals surface area contributed by atoms with E-state index in [4.69, 9.17) is 4.74 Å². The SMILES string of the molecule is CCc1ccc(-c2nnn(CC(=O)OCC(=O)c3ccccc3)n2)cc1. The highest BCUT2D eigenvalue weighted by Crippen LogP contribution is 2.14. The monoisotopic (exact) mass is 350 g/mol. The van der Waals surface area contributed by atoms with Gasteiger partial charge < -0.3 is 4.74 Å². The highest BCUT2D eigenvalue weighted by atomic mass is 16.5. The fourth-order valence-corrected chi connectivity index (χ4v) is 2.33. The topological polar surface area (TPSA) is 87.0 Å². The van der Waals surface area contributed by atoms with Crippen molar-refractivity contribution in [2.75, 3.05) is 6.61 Å². The third-order valence-corrected chi connectivity index (χ3v) is 3.80. The van der Waals surface area contributed by atoms with Gasteiger partial charge in [0.25, 0.3) is 0 Å². The second-order valence-electron chi connectivity index (χ2n) is 5.64. The molecule has 7 nitrogen and oxygen atoms in total. The van der Waals surface area contributed by atoms with Crippen molar-refractivity contribution in [1.82, 2.24) is 20.2 Å². The zero-order chi connectivity index (χ0) is 18.4. The molecule has 0 atom stereocenters. The van der Waals surface area contributed by atoms with Crippen LogP contribution < -0.4 is 0 Å². The molecule has 26 heavy (non-hydrogen) atoms. The zero-order valence-electron chi connectivity index (χ0n) is 14.3. The summed E-state index contributed by atoms with van der Waals surface area (Å²) in [7, 11) is 0. The Balaban J connectivity index is 1.55. The van der Waals surface area contributed by atoms with Gasteiger partial charge in [-0.2, -0.15) is 4.80 Å². The summed E-state index contributed by atoms with van der Waals surface area (Å²) in [4.78, 5) is 24.9. The molecule has 0 amide bonds. The van der Waals surface area contributed by atoms with E-state index in [1.54, 1.807) is 24.3 Å². The van der Waals surface area contributed by atoms with Gasteiger partial charge in [0, 0.05) is 11.1 Å². The second kappa shape index (κ2) is 8.15. The summed E-state index contributed by atoms with van der Waals surface area (Å²) in [5.41, 5.74) is 2.53. The van der Waals surface area contributed by atoms with Crippen molar-refractivity contribution >= 4 is 11.8 Å². The standard InChI is InChI=1S/C19H18N4O3/c1-2-14-8-10-16(11-9-14)19-20-22-23(21-19)12-18(25)26-13-17(24)15-6-4-3-5-7-15/h3-11H,2,12-13H2,1H3. The van der Waals surface area contributed by atoms with Gasteiger partial charge in [-0.25, -0.2) is 4.79 Å². The van der Waals surface area contributed by atoms with Gasteiger partial charge in [0.1, 0.15) is 0 Å². The number of hydrogen-bond donors (Lipinski definition) is 0. The molecule has 1 aromatic heterocycles. The van der Waals surface area contributed by atoms with Crippen LogP contribution in [0, 0.1) is 0 Å². The number of aryl methyl sites for hydroxylation is 1. The molecule has 0 radical (unpaired) electrons. The number of Topliss-reactive ketones (excluding diaryl/α,β-unsaturated/α-hetero) is 1. The van der Waals surface area contributed by atoms with E-state index in [1.165, 1.54) is 5.56 Å². The van der Waals surface area contributed by atoms with Gasteiger partial charge in [-0.3, -0.25) is 4.79 Å². The number of benzene rings is 2. The van der Waals surface area contributed by atoms with Crippen molar-refractivity contribution in [3.05, 3.63) is 65.7 Å². The Labute approximate surface area is 150 Å². The minimum atomic E-state index is -0.598. The molecule has 3 aromatic rings. The fraction of sp³-hybridized carbons (Fsp3) is 0.211. The first-order valence-corrected chi connectivity index (χ1v) is 8.26. The summed E-state index contributed by atoms with van der Waals surface area (Å²) < 4.78 is 4.99. The van der Waals surface area contributed by atoms with E-state index in [0.717, 1.165) is 16.8 Å². The molecule has 0 saturated carbocycles. The van der Waals surface area contributed by atoms with E-state index in [2.05, 4.69) is 22.3 Å². The zero-order valence-corrected chi connectivity index (χ0v) is 14.3. The summed E-state index contributed by atoms with van der Waals surface area (Å²) in [6, 6.07) is 16.5. The van der Waals surface area contributed by atoms with Crippen molar-refractivity contribution in [3.63, 3.8) is 0 Å². The summed E-state index contributed by atoms with van der Waals surface area (Å²) in [5.74, 6) is -0.428. The van der Waals surface area contributed by atoms with Crippen molar-refractivity contribution < 1.29 is 14.3 Å². The molecule has 1 heterocycles. The number of aromatic nitrogens is 4.